The molecule has 0 unspecified atom stereocenters. The summed E-state index contributed by atoms with van der Waals surface area (Å²) in [4.78, 5) is 14.8. The molecule has 0 aliphatic heterocycles. The van der Waals surface area contributed by atoms with E-state index in [0.29, 0.717) is 17.3 Å². The normalized spacial score (nSPS) is 23.8. The molecule has 0 radical (unpaired) electrons. The first-order chi connectivity index (χ1) is 9.74. The van der Waals surface area contributed by atoms with Gasteiger partial charge in [0.15, 0.2) is 5.69 Å². The average molecular weight is 391 g/mol. The number of rotatable bonds is 2. The highest BCUT2D eigenvalue weighted by Crippen LogP contribution is 2.64. The van der Waals surface area contributed by atoms with E-state index in [2.05, 4.69) is 31.1 Å². The third-order valence-electron chi connectivity index (χ3n) is 3.68. The molecule has 3 rings (SSSR count). The fraction of sp³-hybridized carbons (Fsp3) is 0.308. The van der Waals surface area contributed by atoms with Crippen molar-refractivity contribution in [1.29, 1.82) is 0 Å². The molecule has 1 amide bonds. The lowest BCUT2D eigenvalue weighted by Gasteiger charge is -2.04. The molecule has 0 bridgehead atoms. The third kappa shape index (κ3) is 2.35. The second-order valence-corrected chi connectivity index (χ2v) is 7.63. The molecular weight excluding hydrogens is 381 g/mol. The Morgan fingerprint density at radius 1 is 1.48 bits per heavy atom. The van der Waals surface area contributed by atoms with Gasteiger partial charge in [-0.15, -0.1) is 33.4 Å². The number of azo groups is 1. The predicted octanol–water partition coefficient (Wildman–Crippen LogP) is 4.83. The van der Waals surface area contributed by atoms with E-state index < -0.39 is 15.7 Å². The van der Waals surface area contributed by atoms with Crippen molar-refractivity contribution in [3.63, 3.8) is 0 Å². The van der Waals surface area contributed by atoms with Gasteiger partial charge in [0.1, 0.15) is 4.33 Å². The van der Waals surface area contributed by atoms with E-state index in [1.807, 2.05) is 6.07 Å². The zero-order valence-electron chi connectivity index (χ0n) is 10.8. The van der Waals surface area contributed by atoms with Crippen LogP contribution in [0.15, 0.2) is 32.9 Å². The second kappa shape index (κ2) is 4.69. The van der Waals surface area contributed by atoms with Gasteiger partial charge >= 0.3 is 0 Å². The lowest BCUT2D eigenvalue weighted by atomic mass is 10.1. The van der Waals surface area contributed by atoms with Gasteiger partial charge < -0.3 is 10.1 Å². The van der Waals surface area contributed by atoms with Gasteiger partial charge in [0.05, 0.1) is 10.9 Å². The molecule has 5 nitrogen and oxygen atoms in total. The molecule has 1 atom stereocenters. The van der Waals surface area contributed by atoms with E-state index in [9.17, 15) is 9.90 Å². The van der Waals surface area contributed by atoms with Crippen LogP contribution in [-0.2, 0) is 4.79 Å². The number of hydrogen-bond acceptors (Lipinski definition) is 3. The average Bonchev–Trinajstić information content (AvgIpc) is 2.77. The van der Waals surface area contributed by atoms with Crippen molar-refractivity contribution in [2.24, 2.45) is 15.6 Å². The van der Waals surface area contributed by atoms with Gasteiger partial charge in [0.25, 0.3) is 5.91 Å². The molecule has 1 saturated carbocycles. The SMILES string of the molecule is C[C@]1(C(=O)N=Nc2c(O)[nH]c3ccc(Br)cc23)CC1(Cl)Cl. The maximum absolute atomic E-state index is 12.0. The molecule has 0 saturated heterocycles. The number of fused-ring (bicyclic) bond motifs is 1. The van der Waals surface area contributed by atoms with Crippen LogP contribution in [0, 0.1) is 5.41 Å². The van der Waals surface area contributed by atoms with Crippen LogP contribution < -0.4 is 0 Å². The monoisotopic (exact) mass is 389 g/mol. The van der Waals surface area contributed by atoms with E-state index in [0.717, 1.165) is 4.47 Å². The van der Waals surface area contributed by atoms with Crippen LogP contribution in [0.3, 0.4) is 0 Å². The minimum atomic E-state index is -1.09. The quantitative estimate of drug-likeness (QED) is 0.568. The molecule has 1 aromatic heterocycles. The summed E-state index contributed by atoms with van der Waals surface area (Å²) in [6.45, 7) is 1.64. The summed E-state index contributed by atoms with van der Waals surface area (Å²) in [6.07, 6.45) is 0.340. The highest BCUT2D eigenvalue weighted by atomic mass is 79.9. The van der Waals surface area contributed by atoms with Crippen molar-refractivity contribution < 1.29 is 9.90 Å². The largest absolute Gasteiger partial charge is 0.493 e. The van der Waals surface area contributed by atoms with E-state index >= 15 is 0 Å². The lowest BCUT2D eigenvalue weighted by molar-refractivity contribution is -0.122. The summed E-state index contributed by atoms with van der Waals surface area (Å²) >= 11 is 15.2. The predicted molar refractivity (Wildman–Crippen MR) is 84.3 cm³/mol. The van der Waals surface area contributed by atoms with Gasteiger partial charge in [-0.1, -0.05) is 15.9 Å². The van der Waals surface area contributed by atoms with Crippen molar-refractivity contribution in [2.45, 2.75) is 17.7 Å². The summed E-state index contributed by atoms with van der Waals surface area (Å²) in [6, 6.07) is 5.38. The summed E-state index contributed by atoms with van der Waals surface area (Å²) in [5.74, 6) is -0.653. The molecule has 21 heavy (non-hydrogen) atoms. The highest BCUT2D eigenvalue weighted by molar-refractivity contribution is 9.10. The van der Waals surface area contributed by atoms with Gasteiger partial charge in [0, 0.05) is 9.86 Å². The van der Waals surface area contributed by atoms with Crippen LogP contribution >= 0.6 is 39.1 Å². The summed E-state index contributed by atoms with van der Waals surface area (Å²) in [7, 11) is 0. The Labute approximate surface area is 138 Å². The first kappa shape index (κ1) is 14.8. The molecule has 110 valence electrons. The first-order valence-corrected chi connectivity index (χ1v) is 7.64. The van der Waals surface area contributed by atoms with Crippen LogP contribution in [0.5, 0.6) is 5.88 Å². The van der Waals surface area contributed by atoms with Crippen molar-refractivity contribution in [3.05, 3.63) is 22.7 Å². The summed E-state index contributed by atoms with van der Waals surface area (Å²) < 4.78 is -0.263. The number of aromatic hydroxyl groups is 1. The third-order valence-corrected chi connectivity index (χ3v) is 5.28. The maximum Gasteiger partial charge on any atom is 0.273 e. The Morgan fingerprint density at radius 2 is 2.14 bits per heavy atom. The number of amides is 1. The van der Waals surface area contributed by atoms with Gasteiger partial charge in [-0.2, -0.15) is 0 Å². The fourth-order valence-corrected chi connectivity index (χ4v) is 3.13. The molecule has 1 aliphatic carbocycles. The first-order valence-electron chi connectivity index (χ1n) is 6.09. The number of aromatic amines is 1. The van der Waals surface area contributed by atoms with Gasteiger partial charge in [-0.05, 0) is 31.5 Å². The number of halogens is 3. The van der Waals surface area contributed by atoms with Crippen molar-refractivity contribution in [2.75, 3.05) is 0 Å². The van der Waals surface area contributed by atoms with Gasteiger partial charge in [-0.25, -0.2) is 0 Å². The van der Waals surface area contributed by atoms with Crippen LogP contribution in [0.2, 0.25) is 0 Å². The van der Waals surface area contributed by atoms with Crippen LogP contribution in [-0.4, -0.2) is 20.3 Å². The number of aromatic nitrogens is 1. The number of hydrogen-bond donors (Lipinski definition) is 2. The molecule has 1 heterocycles. The van der Waals surface area contributed by atoms with Crippen LogP contribution in [0.1, 0.15) is 13.3 Å². The number of carbonyl (C=O) groups is 1. The van der Waals surface area contributed by atoms with Crippen LogP contribution in [0.25, 0.3) is 10.9 Å². The number of H-pyrrole nitrogens is 1. The van der Waals surface area contributed by atoms with Crippen molar-refractivity contribution >= 4 is 61.6 Å². The van der Waals surface area contributed by atoms with Crippen molar-refractivity contribution in [1.82, 2.24) is 4.98 Å². The minimum Gasteiger partial charge on any atom is -0.493 e. The lowest BCUT2D eigenvalue weighted by Crippen LogP contribution is -2.15. The van der Waals surface area contributed by atoms with Crippen LogP contribution in [0.4, 0.5) is 5.69 Å². The van der Waals surface area contributed by atoms with Gasteiger partial charge in [0.2, 0.25) is 5.88 Å². The molecule has 1 aromatic carbocycles. The zero-order valence-corrected chi connectivity index (χ0v) is 13.9. The number of nitrogens with zero attached hydrogens (tertiary/aromatic N) is 2. The maximum atomic E-state index is 12.0. The Morgan fingerprint density at radius 3 is 2.76 bits per heavy atom. The zero-order chi connectivity index (χ0) is 15.4. The number of nitrogens with one attached hydrogen (secondary N) is 1. The Hall–Kier alpha value is -1.11. The molecule has 2 aromatic rings. The molecule has 0 spiro atoms. The molecule has 1 fully saturated rings. The standard InChI is InChI=1S/C13H10BrCl2N3O2/c1-12(5-13(12,15)16)11(21)19-18-9-7-4-6(14)2-3-8(7)17-10(9)20/h2-4,17,20H,5H2,1H3/t12-/m1/s1. The Balaban J connectivity index is 1.95. The fourth-order valence-electron chi connectivity index (χ4n) is 2.07. The number of alkyl halides is 2. The number of benzene rings is 1. The minimum absolute atomic E-state index is 0.149. The molecule has 2 N–H and O–H groups in total. The molecule has 8 heteroatoms. The second-order valence-electron chi connectivity index (χ2n) is 5.23. The highest BCUT2D eigenvalue weighted by Gasteiger charge is 2.68. The Bertz CT molecular complexity index is 787. The topological polar surface area (TPSA) is 77.8 Å². The molecular formula is C13H10BrCl2N3O2. The number of carbonyl (C=O) groups excluding carboxylic acids is 1. The summed E-state index contributed by atoms with van der Waals surface area (Å²) in [5.41, 5.74) is -0.0144. The van der Waals surface area contributed by atoms with Gasteiger partial charge in [-0.3, -0.25) is 4.79 Å². The van der Waals surface area contributed by atoms with Crippen molar-refractivity contribution in [3.8, 4) is 5.88 Å². The van der Waals surface area contributed by atoms with E-state index in [1.54, 1.807) is 19.1 Å². The molecule has 1 aliphatic rings. The van der Waals surface area contributed by atoms with E-state index in [4.69, 9.17) is 23.2 Å². The van der Waals surface area contributed by atoms with E-state index in [1.165, 1.54) is 0 Å². The van der Waals surface area contributed by atoms with E-state index in [-0.39, 0.29) is 11.6 Å². The summed E-state index contributed by atoms with van der Waals surface area (Å²) in [5, 5.41) is 18.0. The smallest absolute Gasteiger partial charge is 0.273 e. The Kier molecular flexibility index (Phi) is 3.31.